The van der Waals surface area contributed by atoms with Crippen molar-refractivity contribution in [3.63, 3.8) is 0 Å². The molecule has 0 spiro atoms. The van der Waals surface area contributed by atoms with E-state index >= 15 is 0 Å². The lowest BCUT2D eigenvalue weighted by atomic mass is 9.60. The molecule has 1 aliphatic heterocycles. The Labute approximate surface area is 204 Å². The van der Waals surface area contributed by atoms with Gasteiger partial charge in [-0.15, -0.1) is 0 Å². The van der Waals surface area contributed by atoms with Crippen LogP contribution in [0.4, 0.5) is 13.6 Å². The lowest BCUT2D eigenvalue weighted by molar-refractivity contribution is -0.0496. The molecule has 2 aromatic rings. The molecule has 0 radical (unpaired) electrons. The van der Waals surface area contributed by atoms with E-state index in [9.17, 15) is 18.4 Å². The van der Waals surface area contributed by atoms with Gasteiger partial charge in [0.1, 0.15) is 6.61 Å². The van der Waals surface area contributed by atoms with Crippen LogP contribution in [-0.2, 0) is 11.3 Å². The molecular weight excluding hydrogens is 452 g/mol. The van der Waals surface area contributed by atoms with Gasteiger partial charge in [0.2, 0.25) is 0 Å². The number of piperazine rings is 1. The molecule has 186 valence electrons. The Hall–Kier alpha value is -3.00. The second-order valence-corrected chi connectivity index (χ2v) is 10.1. The van der Waals surface area contributed by atoms with E-state index in [4.69, 9.17) is 4.74 Å². The number of ether oxygens (including phenoxy) is 1. The van der Waals surface area contributed by atoms with E-state index < -0.39 is 11.6 Å². The van der Waals surface area contributed by atoms with Gasteiger partial charge in [-0.1, -0.05) is 30.3 Å². The van der Waals surface area contributed by atoms with E-state index in [-0.39, 0.29) is 35.2 Å². The number of amides is 2. The summed E-state index contributed by atoms with van der Waals surface area (Å²) < 4.78 is 32.2. The molecule has 4 fully saturated rings. The average molecular weight is 484 g/mol. The number of carbonyl (C=O) groups is 2. The molecule has 2 aromatic carbocycles. The molecule has 6 nitrogen and oxygen atoms in total. The van der Waals surface area contributed by atoms with Crippen molar-refractivity contribution < 1.29 is 23.1 Å². The second-order valence-electron chi connectivity index (χ2n) is 10.1. The smallest absolute Gasteiger partial charge is 0.407 e. The molecule has 4 aliphatic rings. The predicted molar refractivity (Wildman–Crippen MR) is 127 cm³/mol. The summed E-state index contributed by atoms with van der Waals surface area (Å²) in [6.45, 7) is 2.91. The fraction of sp³-hybridized carbons (Fsp3) is 0.481. The molecule has 0 atom stereocenters. The Morgan fingerprint density at radius 3 is 2.14 bits per heavy atom. The summed E-state index contributed by atoms with van der Waals surface area (Å²) >= 11 is 0. The fourth-order valence-corrected chi connectivity index (χ4v) is 6.00. The molecule has 35 heavy (non-hydrogen) atoms. The maximum absolute atomic E-state index is 13.6. The summed E-state index contributed by atoms with van der Waals surface area (Å²) in [6.07, 6.45) is 5.41. The Morgan fingerprint density at radius 1 is 0.857 bits per heavy atom. The molecule has 8 heteroatoms. The highest BCUT2D eigenvalue weighted by atomic mass is 19.2. The van der Waals surface area contributed by atoms with Gasteiger partial charge in [0.15, 0.2) is 11.6 Å². The first-order valence-electron chi connectivity index (χ1n) is 12.4. The van der Waals surface area contributed by atoms with Crippen LogP contribution in [0.5, 0.6) is 0 Å². The minimum atomic E-state index is -1.00. The van der Waals surface area contributed by atoms with Crippen LogP contribution in [0.3, 0.4) is 0 Å². The maximum atomic E-state index is 13.6. The van der Waals surface area contributed by atoms with Crippen molar-refractivity contribution in [1.82, 2.24) is 15.1 Å². The Bertz CT molecular complexity index is 1060. The van der Waals surface area contributed by atoms with Crippen LogP contribution in [0, 0.1) is 11.6 Å². The van der Waals surface area contributed by atoms with E-state index in [2.05, 4.69) is 10.2 Å². The van der Waals surface area contributed by atoms with Crippen molar-refractivity contribution in [2.45, 2.75) is 56.2 Å². The molecule has 1 heterocycles. The van der Waals surface area contributed by atoms with E-state index in [0.717, 1.165) is 69.3 Å². The molecule has 1 N–H and O–H groups in total. The number of halogens is 2. The largest absolute Gasteiger partial charge is 0.445 e. The fourth-order valence-electron chi connectivity index (χ4n) is 6.00. The first-order valence-corrected chi connectivity index (χ1v) is 12.4. The van der Waals surface area contributed by atoms with Crippen molar-refractivity contribution in [3.05, 3.63) is 71.3 Å². The van der Waals surface area contributed by atoms with E-state index in [0.29, 0.717) is 13.1 Å². The van der Waals surface area contributed by atoms with Crippen LogP contribution in [0.25, 0.3) is 0 Å². The minimum absolute atomic E-state index is 0.106. The number of hydrogen-bond acceptors (Lipinski definition) is 4. The third-order valence-corrected chi connectivity index (χ3v) is 8.19. The van der Waals surface area contributed by atoms with Gasteiger partial charge in [-0.25, -0.2) is 13.6 Å². The normalized spacial score (nSPS) is 26.4. The third kappa shape index (κ3) is 4.89. The van der Waals surface area contributed by atoms with Crippen LogP contribution >= 0.6 is 0 Å². The van der Waals surface area contributed by atoms with Gasteiger partial charge in [-0.3, -0.25) is 9.69 Å². The number of fused-ring (bicyclic) bond motifs is 3. The van der Waals surface area contributed by atoms with Crippen molar-refractivity contribution >= 4 is 12.0 Å². The van der Waals surface area contributed by atoms with Gasteiger partial charge in [-0.2, -0.15) is 0 Å². The van der Waals surface area contributed by atoms with Crippen molar-refractivity contribution in [3.8, 4) is 0 Å². The molecular formula is C27H31F2N3O3. The zero-order valence-corrected chi connectivity index (χ0v) is 19.8. The number of hydrogen-bond donors (Lipinski definition) is 1. The van der Waals surface area contributed by atoms with Gasteiger partial charge >= 0.3 is 6.09 Å². The topological polar surface area (TPSA) is 61.9 Å². The van der Waals surface area contributed by atoms with Gasteiger partial charge in [-0.05, 0) is 62.3 Å². The van der Waals surface area contributed by atoms with Crippen molar-refractivity contribution in [2.75, 3.05) is 26.2 Å². The highest BCUT2D eigenvalue weighted by Crippen LogP contribution is 2.50. The zero-order valence-electron chi connectivity index (χ0n) is 19.8. The van der Waals surface area contributed by atoms with Gasteiger partial charge in [0.05, 0.1) is 0 Å². The SMILES string of the molecule is O=C(NC12CCC(N3CCN(C(=O)c4ccc(F)c(F)c4)CC3)(CC1)CC2)OCc1ccccc1. The summed E-state index contributed by atoms with van der Waals surface area (Å²) in [5, 5.41) is 3.17. The lowest BCUT2D eigenvalue weighted by Gasteiger charge is -2.58. The third-order valence-electron chi connectivity index (χ3n) is 8.19. The number of carbonyl (C=O) groups excluding carboxylic acids is 2. The van der Waals surface area contributed by atoms with Crippen molar-refractivity contribution in [2.24, 2.45) is 0 Å². The monoisotopic (exact) mass is 483 g/mol. The van der Waals surface area contributed by atoms with E-state index in [1.807, 2.05) is 30.3 Å². The standard InChI is InChI=1S/C27H31F2N3O3/c28-22-7-6-21(18-23(22)29)24(33)31-14-16-32(17-15-31)27-11-8-26(9-12-27,10-13-27)30-25(34)35-19-20-4-2-1-3-5-20/h1-7,18H,8-17,19H2,(H,30,34). The minimum Gasteiger partial charge on any atom is -0.445 e. The molecule has 3 aliphatic carbocycles. The van der Waals surface area contributed by atoms with Crippen LogP contribution in [0.15, 0.2) is 48.5 Å². The Kier molecular flexibility index (Phi) is 6.49. The van der Waals surface area contributed by atoms with Crippen LogP contribution < -0.4 is 5.32 Å². The highest BCUT2D eigenvalue weighted by Gasteiger charge is 2.52. The molecule has 6 rings (SSSR count). The Balaban J connectivity index is 1.12. The summed E-state index contributed by atoms with van der Waals surface area (Å²) in [4.78, 5) is 29.5. The van der Waals surface area contributed by atoms with Crippen molar-refractivity contribution in [1.29, 1.82) is 0 Å². The summed E-state index contributed by atoms with van der Waals surface area (Å²) in [5.41, 5.74) is 1.06. The second kappa shape index (κ2) is 9.57. The van der Waals surface area contributed by atoms with Gasteiger partial charge in [0, 0.05) is 42.8 Å². The summed E-state index contributed by atoms with van der Waals surface area (Å²) in [5.74, 6) is -2.21. The Morgan fingerprint density at radius 2 is 1.51 bits per heavy atom. The molecule has 0 unspecified atom stereocenters. The first-order chi connectivity index (χ1) is 16.9. The van der Waals surface area contributed by atoms with E-state index in [1.54, 1.807) is 4.90 Å². The van der Waals surface area contributed by atoms with Crippen LogP contribution in [0.1, 0.15) is 54.4 Å². The van der Waals surface area contributed by atoms with Gasteiger partial charge in [0.25, 0.3) is 5.91 Å². The number of nitrogens with zero attached hydrogens (tertiary/aromatic N) is 2. The predicted octanol–water partition coefficient (Wildman–Crippen LogP) is 4.49. The number of benzene rings is 2. The highest BCUT2D eigenvalue weighted by molar-refractivity contribution is 5.94. The molecule has 2 amide bonds. The summed E-state index contributed by atoms with van der Waals surface area (Å²) in [6, 6.07) is 13.0. The molecule has 0 aromatic heterocycles. The van der Waals surface area contributed by atoms with Gasteiger partial charge < -0.3 is 15.0 Å². The van der Waals surface area contributed by atoms with Crippen LogP contribution in [-0.4, -0.2) is 59.1 Å². The zero-order chi connectivity index (χ0) is 24.5. The lowest BCUT2D eigenvalue weighted by Crippen LogP contribution is -2.66. The molecule has 1 saturated heterocycles. The van der Waals surface area contributed by atoms with Crippen LogP contribution in [0.2, 0.25) is 0 Å². The van der Waals surface area contributed by atoms with E-state index in [1.165, 1.54) is 6.07 Å². The first kappa shape index (κ1) is 23.7. The quantitative estimate of drug-likeness (QED) is 0.681. The maximum Gasteiger partial charge on any atom is 0.407 e. The average Bonchev–Trinajstić information content (AvgIpc) is 2.90. The number of rotatable bonds is 5. The molecule has 2 bridgehead atoms. The number of alkyl carbamates (subject to hydrolysis) is 1. The summed E-state index contributed by atoms with van der Waals surface area (Å²) in [7, 11) is 0. The molecule has 3 saturated carbocycles. The number of nitrogens with one attached hydrogen (secondary N) is 1.